The predicted molar refractivity (Wildman–Crippen MR) is 119 cm³/mol. The lowest BCUT2D eigenvalue weighted by atomic mass is 9.35. The Hall–Kier alpha value is -0.900. The Labute approximate surface area is 187 Å². The molecule has 0 bridgehead atoms. The van der Waals surface area contributed by atoms with Gasteiger partial charge in [-0.15, -0.1) is 0 Å². The second kappa shape index (κ2) is 6.15. The fraction of sp³-hybridized carbons (Fsp3) is 0.926. The van der Waals surface area contributed by atoms with Gasteiger partial charge in [0.25, 0.3) is 0 Å². The van der Waals surface area contributed by atoms with Crippen LogP contribution in [0.4, 0.5) is 0 Å². The summed E-state index contributed by atoms with van der Waals surface area (Å²) in [6.45, 7) is 13.8. The Morgan fingerprint density at radius 1 is 0.742 bits per heavy atom. The van der Waals surface area contributed by atoms with Crippen LogP contribution in [0.15, 0.2) is 0 Å². The molecule has 0 aromatic carbocycles. The van der Waals surface area contributed by atoms with Crippen LogP contribution >= 0.6 is 0 Å². The number of carbonyl (C=O) groups excluding carboxylic acids is 2. The summed E-state index contributed by atoms with van der Waals surface area (Å²) in [6, 6.07) is 0. The van der Waals surface area contributed by atoms with Crippen molar-refractivity contribution in [3.63, 3.8) is 0 Å². The fourth-order valence-electron chi connectivity index (χ4n) is 10.2. The van der Waals surface area contributed by atoms with E-state index in [2.05, 4.69) is 34.6 Å². The van der Waals surface area contributed by atoms with Gasteiger partial charge in [-0.1, -0.05) is 34.6 Å². The summed E-state index contributed by atoms with van der Waals surface area (Å²) in [5.41, 5.74) is -1.56. The molecule has 1 N–H and O–H groups in total. The van der Waals surface area contributed by atoms with Crippen LogP contribution in [0.3, 0.4) is 0 Å². The number of Topliss-reactive ketones (excluding diaryl/α,β-unsaturated/α-hetero) is 1. The van der Waals surface area contributed by atoms with E-state index in [1.165, 1.54) is 0 Å². The van der Waals surface area contributed by atoms with Gasteiger partial charge in [0.1, 0.15) is 17.0 Å². The van der Waals surface area contributed by atoms with Crippen molar-refractivity contribution >= 4 is 11.8 Å². The standard InChI is InChI=1S/C27H42O4/c1-22(2)17-9-13-24(4)18(23(17,3)12-10-20(22)28)7-8-19-25(24,5)15-16-27(19,30)26(6)14-11-21(29)31-26/h17-19,30H,7-16H2,1-6H3/t17?,18?,19?,23-,24+,25+,26-,27+/m0/s1. The van der Waals surface area contributed by atoms with E-state index in [1.807, 2.05) is 6.92 Å². The first-order chi connectivity index (χ1) is 14.2. The smallest absolute Gasteiger partial charge is 0.306 e. The molecule has 0 aromatic rings. The number of ether oxygens (including phenoxy) is 1. The second-order valence-corrected chi connectivity index (χ2v) is 13.4. The van der Waals surface area contributed by atoms with Gasteiger partial charge in [0, 0.05) is 24.7 Å². The number of fused-ring (bicyclic) bond motifs is 5. The highest BCUT2D eigenvalue weighted by Gasteiger charge is 2.73. The predicted octanol–water partition coefficient (Wildman–Crippen LogP) is 5.45. The summed E-state index contributed by atoms with van der Waals surface area (Å²) in [5, 5.41) is 12.1. The van der Waals surface area contributed by atoms with Crippen molar-refractivity contribution in [2.75, 3.05) is 0 Å². The molecule has 4 nitrogen and oxygen atoms in total. The van der Waals surface area contributed by atoms with E-state index >= 15 is 0 Å². The van der Waals surface area contributed by atoms with E-state index in [9.17, 15) is 14.7 Å². The van der Waals surface area contributed by atoms with Crippen LogP contribution in [0.25, 0.3) is 0 Å². The summed E-state index contributed by atoms with van der Waals surface area (Å²) < 4.78 is 5.82. The highest BCUT2D eigenvalue weighted by molar-refractivity contribution is 5.85. The topological polar surface area (TPSA) is 63.6 Å². The third-order valence-corrected chi connectivity index (χ3v) is 12.3. The van der Waals surface area contributed by atoms with Crippen molar-refractivity contribution in [3.05, 3.63) is 0 Å². The van der Waals surface area contributed by atoms with E-state index in [0.29, 0.717) is 36.9 Å². The summed E-state index contributed by atoms with van der Waals surface area (Å²) in [5.74, 6) is 1.48. The lowest BCUT2D eigenvalue weighted by molar-refractivity contribution is -0.234. The number of ketones is 1. The molecule has 0 spiro atoms. The number of hydrogen-bond donors (Lipinski definition) is 1. The van der Waals surface area contributed by atoms with Gasteiger partial charge in [-0.25, -0.2) is 0 Å². The van der Waals surface area contributed by atoms with Crippen LogP contribution in [-0.4, -0.2) is 28.1 Å². The highest BCUT2D eigenvalue weighted by atomic mass is 16.6. The van der Waals surface area contributed by atoms with Crippen molar-refractivity contribution in [2.24, 2.45) is 39.4 Å². The zero-order valence-corrected chi connectivity index (χ0v) is 20.5. The minimum absolute atomic E-state index is 0.0300. The van der Waals surface area contributed by atoms with Gasteiger partial charge < -0.3 is 9.84 Å². The Morgan fingerprint density at radius 2 is 1.39 bits per heavy atom. The minimum atomic E-state index is -0.929. The third kappa shape index (κ3) is 2.41. The van der Waals surface area contributed by atoms with Crippen LogP contribution in [0.5, 0.6) is 0 Å². The molecular formula is C27H42O4. The molecule has 5 fully saturated rings. The number of esters is 1. The third-order valence-electron chi connectivity index (χ3n) is 12.3. The molecule has 174 valence electrons. The van der Waals surface area contributed by atoms with Crippen molar-refractivity contribution in [3.8, 4) is 0 Å². The first-order valence-corrected chi connectivity index (χ1v) is 12.7. The Kier molecular flexibility index (Phi) is 4.35. The second-order valence-electron chi connectivity index (χ2n) is 13.4. The van der Waals surface area contributed by atoms with Crippen molar-refractivity contribution in [1.82, 2.24) is 0 Å². The molecule has 4 saturated carbocycles. The van der Waals surface area contributed by atoms with E-state index in [4.69, 9.17) is 4.74 Å². The van der Waals surface area contributed by atoms with E-state index in [1.54, 1.807) is 0 Å². The molecular weight excluding hydrogens is 388 g/mol. The Balaban J connectivity index is 1.53. The summed E-state index contributed by atoms with van der Waals surface area (Å²) in [7, 11) is 0. The number of aliphatic hydroxyl groups is 1. The summed E-state index contributed by atoms with van der Waals surface area (Å²) >= 11 is 0. The van der Waals surface area contributed by atoms with Crippen LogP contribution in [0.1, 0.15) is 106 Å². The zero-order valence-electron chi connectivity index (χ0n) is 20.5. The normalized spacial score (nSPS) is 55.9. The number of cyclic esters (lactones) is 1. The maximum atomic E-state index is 12.8. The summed E-state index contributed by atoms with van der Waals surface area (Å²) in [6.07, 6.45) is 8.85. The molecule has 0 radical (unpaired) electrons. The first kappa shape index (κ1) is 21.9. The molecule has 0 amide bonds. The largest absolute Gasteiger partial charge is 0.456 e. The zero-order chi connectivity index (χ0) is 22.7. The molecule has 4 aliphatic carbocycles. The number of rotatable bonds is 1. The molecule has 1 heterocycles. The first-order valence-electron chi connectivity index (χ1n) is 12.7. The Bertz CT molecular complexity index is 833. The minimum Gasteiger partial charge on any atom is -0.456 e. The Morgan fingerprint density at radius 3 is 2.03 bits per heavy atom. The van der Waals surface area contributed by atoms with Gasteiger partial charge >= 0.3 is 5.97 Å². The lowest BCUT2D eigenvalue weighted by Gasteiger charge is -2.69. The molecule has 4 heteroatoms. The molecule has 31 heavy (non-hydrogen) atoms. The fourth-order valence-corrected chi connectivity index (χ4v) is 10.2. The monoisotopic (exact) mass is 430 g/mol. The van der Waals surface area contributed by atoms with Gasteiger partial charge in [0.2, 0.25) is 0 Å². The average molecular weight is 431 g/mol. The van der Waals surface area contributed by atoms with Crippen LogP contribution in [-0.2, 0) is 14.3 Å². The average Bonchev–Trinajstić information content (AvgIpc) is 3.18. The lowest BCUT2D eigenvalue weighted by Crippen LogP contribution is -2.66. The van der Waals surface area contributed by atoms with Gasteiger partial charge in [-0.2, -0.15) is 0 Å². The maximum Gasteiger partial charge on any atom is 0.306 e. The number of carbonyl (C=O) groups is 2. The SMILES string of the molecule is CC1(C)C(=O)CC[C@@]2(C)C1CC[C@]1(C)C2CCC2[C@@](O)([C@]3(C)CCC(=O)O3)CC[C@]21C. The van der Waals surface area contributed by atoms with Crippen molar-refractivity contribution in [1.29, 1.82) is 0 Å². The van der Waals surface area contributed by atoms with Gasteiger partial charge in [-0.05, 0) is 85.9 Å². The van der Waals surface area contributed by atoms with Crippen molar-refractivity contribution < 1.29 is 19.4 Å². The van der Waals surface area contributed by atoms with Crippen LogP contribution in [0, 0.1) is 39.4 Å². The van der Waals surface area contributed by atoms with Crippen LogP contribution in [0.2, 0.25) is 0 Å². The molecule has 8 atom stereocenters. The molecule has 1 saturated heterocycles. The molecule has 5 rings (SSSR count). The summed E-state index contributed by atoms with van der Waals surface area (Å²) in [4.78, 5) is 24.8. The molecule has 1 aliphatic heterocycles. The van der Waals surface area contributed by atoms with E-state index in [0.717, 1.165) is 44.9 Å². The maximum absolute atomic E-state index is 12.8. The van der Waals surface area contributed by atoms with Crippen LogP contribution < -0.4 is 0 Å². The quantitative estimate of drug-likeness (QED) is 0.562. The van der Waals surface area contributed by atoms with E-state index in [-0.39, 0.29) is 33.5 Å². The van der Waals surface area contributed by atoms with Gasteiger partial charge in [-0.3, -0.25) is 9.59 Å². The van der Waals surface area contributed by atoms with Crippen molar-refractivity contribution in [2.45, 2.75) is 117 Å². The molecule has 0 aromatic heterocycles. The van der Waals surface area contributed by atoms with E-state index < -0.39 is 11.2 Å². The number of hydrogen-bond acceptors (Lipinski definition) is 4. The van der Waals surface area contributed by atoms with Gasteiger partial charge in [0.15, 0.2) is 0 Å². The molecule has 5 aliphatic rings. The molecule has 3 unspecified atom stereocenters. The highest BCUT2D eigenvalue weighted by Crippen LogP contribution is 2.76. The van der Waals surface area contributed by atoms with Gasteiger partial charge in [0.05, 0.1) is 0 Å².